The van der Waals surface area contributed by atoms with Gasteiger partial charge < -0.3 is 9.52 Å². The van der Waals surface area contributed by atoms with Gasteiger partial charge in [0.15, 0.2) is 6.39 Å². The topological polar surface area (TPSA) is 46.3 Å². The van der Waals surface area contributed by atoms with Gasteiger partial charge in [0.1, 0.15) is 24.8 Å². The number of nitrogens with zero attached hydrogens (tertiary/aromatic N) is 1. The Hall–Kier alpha value is -1.26. The molecule has 0 spiro atoms. The average molecular weight is 219 g/mol. The number of hydrogen-bond acceptors (Lipinski definition) is 3. The smallest absolute Gasteiger partial charge is 0.181 e. The summed E-state index contributed by atoms with van der Waals surface area (Å²) < 4.78 is 4.86. The third-order valence-electron chi connectivity index (χ3n) is 2.02. The van der Waals surface area contributed by atoms with Crippen molar-refractivity contribution in [1.82, 2.24) is 4.98 Å². The lowest BCUT2D eigenvalue weighted by Gasteiger charge is -2.15. The molecule has 5 heteroatoms. The molecule has 3 nitrogen and oxygen atoms in total. The fourth-order valence-corrected chi connectivity index (χ4v) is 1.36. The van der Waals surface area contributed by atoms with Gasteiger partial charge in [-0.3, -0.25) is 0 Å². The monoisotopic (exact) mass is 219 g/mol. The summed E-state index contributed by atoms with van der Waals surface area (Å²) in [6.07, 6.45) is 2.88. The fraction of sp³-hybridized carbons (Fsp3) is 0.100. The number of aromatic nitrogens is 1. The first-order valence-electron chi connectivity index (χ1n) is 4.26. The summed E-state index contributed by atoms with van der Waals surface area (Å²) in [6.45, 7) is 0. The second-order valence-electron chi connectivity index (χ2n) is 3.12. The third-order valence-corrected chi connectivity index (χ3v) is 2.24. The van der Waals surface area contributed by atoms with E-state index in [1.165, 1.54) is 12.7 Å². The van der Waals surface area contributed by atoms with E-state index in [0.717, 1.165) is 11.3 Å². The molecule has 0 bridgehead atoms. The summed E-state index contributed by atoms with van der Waals surface area (Å²) in [5.41, 5.74) is 2.02. The van der Waals surface area contributed by atoms with Gasteiger partial charge in [-0.1, -0.05) is 35.9 Å². The Morgan fingerprint density at radius 1 is 1.33 bits per heavy atom. The van der Waals surface area contributed by atoms with Crippen LogP contribution in [0, 0.1) is 0 Å². The summed E-state index contributed by atoms with van der Waals surface area (Å²) in [6, 6.07) is 6.79. The van der Waals surface area contributed by atoms with Crippen LogP contribution in [0.5, 0.6) is 0 Å². The van der Waals surface area contributed by atoms with E-state index in [2.05, 4.69) is 4.98 Å². The molecule has 1 aromatic heterocycles. The highest BCUT2D eigenvalue weighted by Crippen LogP contribution is 2.24. The van der Waals surface area contributed by atoms with Crippen molar-refractivity contribution in [3.05, 3.63) is 42.5 Å². The minimum atomic E-state index is -1.83. The number of alkyl halides is 1. The molecule has 1 atom stereocenters. The number of halogens is 1. The normalized spacial score (nSPS) is 14.8. The van der Waals surface area contributed by atoms with Gasteiger partial charge in [0.25, 0.3) is 0 Å². The largest absolute Gasteiger partial charge is 0.451 e. The first-order chi connectivity index (χ1) is 7.07. The van der Waals surface area contributed by atoms with Crippen LogP contribution in [-0.4, -0.2) is 17.9 Å². The Balaban J connectivity index is 2.33. The Bertz CT molecular complexity index is 433. The van der Waals surface area contributed by atoms with Crippen molar-refractivity contribution >= 4 is 19.4 Å². The third kappa shape index (κ3) is 2.22. The molecule has 0 amide bonds. The minimum absolute atomic E-state index is 0.427. The summed E-state index contributed by atoms with van der Waals surface area (Å²) in [5.74, 6) is 0. The van der Waals surface area contributed by atoms with Crippen molar-refractivity contribution < 1.29 is 9.52 Å². The molecule has 0 saturated heterocycles. The van der Waals surface area contributed by atoms with E-state index in [-0.39, 0.29) is 0 Å². The zero-order valence-corrected chi connectivity index (χ0v) is 8.48. The van der Waals surface area contributed by atoms with Crippen LogP contribution in [0.4, 0.5) is 0 Å². The molecule has 0 fully saturated rings. The highest BCUT2D eigenvalue weighted by molar-refractivity contribution is 6.42. The minimum Gasteiger partial charge on any atom is -0.451 e. The van der Waals surface area contributed by atoms with Crippen LogP contribution in [0.15, 0.2) is 41.3 Å². The lowest BCUT2D eigenvalue weighted by molar-refractivity contribution is 0.218. The molecule has 1 unspecified atom stereocenters. The molecule has 0 aliphatic carbocycles. The van der Waals surface area contributed by atoms with Crippen LogP contribution in [0.25, 0.3) is 11.3 Å². The number of aliphatic hydroxyl groups is 1. The quantitative estimate of drug-likeness (QED) is 0.619. The highest BCUT2D eigenvalue weighted by atomic mass is 35.5. The van der Waals surface area contributed by atoms with Crippen LogP contribution < -0.4 is 0 Å². The molecule has 0 saturated carbocycles. The zero-order chi connectivity index (χ0) is 10.9. The number of oxazole rings is 1. The van der Waals surface area contributed by atoms with Crippen molar-refractivity contribution in [3.63, 3.8) is 0 Å². The number of hydrogen-bond donors (Lipinski definition) is 1. The summed E-state index contributed by atoms with van der Waals surface area (Å²) in [5, 5.41) is 9.32. The maximum Gasteiger partial charge on any atom is 0.181 e. The standard InChI is InChI=1S/C10H7BClNO2/c11-10(12,14)8-3-1-7(2-4-8)9-5-15-6-13-9/h1-6,14H. The zero-order valence-electron chi connectivity index (χ0n) is 7.72. The van der Waals surface area contributed by atoms with Crippen molar-refractivity contribution in [2.75, 3.05) is 0 Å². The molecular weight excluding hydrogens is 212 g/mol. The van der Waals surface area contributed by atoms with Gasteiger partial charge in [-0.25, -0.2) is 4.98 Å². The van der Waals surface area contributed by atoms with E-state index < -0.39 is 4.96 Å². The van der Waals surface area contributed by atoms with Crippen LogP contribution >= 0.6 is 11.6 Å². The SMILES string of the molecule is [B]C(O)(Cl)c1ccc(-c2cocn2)cc1. The molecule has 1 heterocycles. The molecular formula is C10H7BClNO2. The van der Waals surface area contributed by atoms with Crippen molar-refractivity contribution in [2.24, 2.45) is 0 Å². The van der Waals surface area contributed by atoms with Crippen molar-refractivity contribution in [2.45, 2.75) is 4.96 Å². The Labute approximate surface area is 93.1 Å². The summed E-state index contributed by atoms with van der Waals surface area (Å²) in [7, 11) is 5.31. The highest BCUT2D eigenvalue weighted by Gasteiger charge is 2.17. The molecule has 1 aromatic carbocycles. The first-order valence-corrected chi connectivity index (χ1v) is 4.64. The Kier molecular flexibility index (Phi) is 2.55. The Morgan fingerprint density at radius 3 is 2.47 bits per heavy atom. The lowest BCUT2D eigenvalue weighted by Crippen LogP contribution is -2.16. The van der Waals surface area contributed by atoms with Gasteiger partial charge in [0.2, 0.25) is 0 Å². The van der Waals surface area contributed by atoms with Crippen LogP contribution in [0.3, 0.4) is 0 Å². The van der Waals surface area contributed by atoms with E-state index in [4.69, 9.17) is 23.9 Å². The Morgan fingerprint density at radius 2 is 2.00 bits per heavy atom. The summed E-state index contributed by atoms with van der Waals surface area (Å²) >= 11 is 5.53. The van der Waals surface area contributed by atoms with Crippen LogP contribution in [-0.2, 0) is 4.96 Å². The second-order valence-corrected chi connectivity index (χ2v) is 3.70. The van der Waals surface area contributed by atoms with Gasteiger partial charge in [-0.05, 0) is 5.56 Å². The van der Waals surface area contributed by atoms with Gasteiger partial charge in [-0.15, -0.1) is 0 Å². The van der Waals surface area contributed by atoms with E-state index in [1.807, 2.05) is 0 Å². The fourth-order valence-electron chi connectivity index (χ4n) is 1.23. The lowest BCUT2D eigenvalue weighted by atomic mass is 9.91. The predicted molar refractivity (Wildman–Crippen MR) is 57.4 cm³/mol. The maximum atomic E-state index is 9.32. The molecule has 2 rings (SSSR count). The predicted octanol–water partition coefficient (Wildman–Crippen LogP) is 1.85. The number of rotatable bonds is 2. The van der Waals surface area contributed by atoms with Gasteiger partial charge in [0, 0.05) is 5.56 Å². The van der Waals surface area contributed by atoms with Crippen molar-refractivity contribution in [1.29, 1.82) is 0 Å². The molecule has 0 aliphatic rings. The second kappa shape index (κ2) is 3.72. The summed E-state index contributed by atoms with van der Waals surface area (Å²) in [4.78, 5) is 2.15. The molecule has 1 N–H and O–H groups in total. The van der Waals surface area contributed by atoms with Gasteiger partial charge >= 0.3 is 0 Å². The van der Waals surface area contributed by atoms with E-state index in [9.17, 15) is 5.11 Å². The molecule has 15 heavy (non-hydrogen) atoms. The maximum absolute atomic E-state index is 9.32. The van der Waals surface area contributed by atoms with Gasteiger partial charge in [-0.2, -0.15) is 0 Å². The van der Waals surface area contributed by atoms with Gasteiger partial charge in [0.05, 0.1) is 0 Å². The molecule has 2 radical (unpaired) electrons. The van der Waals surface area contributed by atoms with E-state index in [1.54, 1.807) is 24.3 Å². The van der Waals surface area contributed by atoms with Crippen LogP contribution in [0.1, 0.15) is 5.56 Å². The molecule has 2 aromatic rings. The molecule has 0 aliphatic heterocycles. The van der Waals surface area contributed by atoms with E-state index in [0.29, 0.717) is 5.56 Å². The molecule has 74 valence electrons. The number of benzene rings is 1. The van der Waals surface area contributed by atoms with Crippen molar-refractivity contribution in [3.8, 4) is 11.3 Å². The average Bonchev–Trinajstić information content (AvgIpc) is 2.69. The first kappa shape index (κ1) is 10.3. The van der Waals surface area contributed by atoms with Crippen LogP contribution in [0.2, 0.25) is 0 Å². The van der Waals surface area contributed by atoms with E-state index >= 15 is 0 Å².